The zero-order chi connectivity index (χ0) is 15.4. The number of amides is 1. The summed E-state index contributed by atoms with van der Waals surface area (Å²) in [7, 11) is 1.74. The SMILES string of the molecule is CN=C(NCCNC(=O)c1ccco1)NC1CC2CCC1O2. The molecule has 7 nitrogen and oxygen atoms in total. The summed E-state index contributed by atoms with van der Waals surface area (Å²) < 4.78 is 10.8. The lowest BCUT2D eigenvalue weighted by Gasteiger charge is -2.22. The topological polar surface area (TPSA) is 87.9 Å². The number of ether oxygens (including phenoxy) is 1. The number of nitrogens with zero attached hydrogens (tertiary/aromatic N) is 1. The van der Waals surface area contributed by atoms with Gasteiger partial charge in [0, 0.05) is 20.1 Å². The van der Waals surface area contributed by atoms with Crippen LogP contribution in [-0.2, 0) is 4.74 Å². The molecule has 2 fully saturated rings. The van der Waals surface area contributed by atoms with E-state index < -0.39 is 0 Å². The average molecular weight is 306 g/mol. The van der Waals surface area contributed by atoms with Gasteiger partial charge in [0.05, 0.1) is 24.5 Å². The van der Waals surface area contributed by atoms with Gasteiger partial charge in [-0.25, -0.2) is 0 Å². The molecule has 3 atom stereocenters. The van der Waals surface area contributed by atoms with Gasteiger partial charge in [0.15, 0.2) is 11.7 Å². The quantitative estimate of drug-likeness (QED) is 0.419. The molecule has 22 heavy (non-hydrogen) atoms. The Morgan fingerprint density at radius 2 is 2.23 bits per heavy atom. The van der Waals surface area contributed by atoms with Crippen molar-refractivity contribution in [1.29, 1.82) is 0 Å². The molecule has 1 aromatic heterocycles. The molecule has 2 aliphatic rings. The highest BCUT2D eigenvalue weighted by Crippen LogP contribution is 2.34. The fourth-order valence-electron chi connectivity index (χ4n) is 3.01. The van der Waals surface area contributed by atoms with Crippen molar-refractivity contribution in [1.82, 2.24) is 16.0 Å². The van der Waals surface area contributed by atoms with E-state index in [1.54, 1.807) is 19.2 Å². The van der Waals surface area contributed by atoms with Crippen LogP contribution in [0, 0.1) is 0 Å². The molecule has 2 aliphatic heterocycles. The van der Waals surface area contributed by atoms with Crippen molar-refractivity contribution >= 4 is 11.9 Å². The van der Waals surface area contributed by atoms with Crippen molar-refractivity contribution in [2.45, 2.75) is 37.5 Å². The van der Waals surface area contributed by atoms with Gasteiger partial charge in [0.25, 0.3) is 5.91 Å². The Hall–Kier alpha value is -2.02. The number of guanidine groups is 1. The lowest BCUT2D eigenvalue weighted by atomic mass is 9.96. The van der Waals surface area contributed by atoms with E-state index >= 15 is 0 Å². The van der Waals surface area contributed by atoms with E-state index in [1.165, 1.54) is 12.7 Å². The van der Waals surface area contributed by atoms with E-state index in [-0.39, 0.29) is 5.91 Å². The second kappa shape index (κ2) is 6.83. The number of carbonyl (C=O) groups is 1. The minimum absolute atomic E-state index is 0.212. The maximum Gasteiger partial charge on any atom is 0.287 e. The third-order valence-electron chi connectivity index (χ3n) is 4.10. The smallest absolute Gasteiger partial charge is 0.287 e. The average Bonchev–Trinajstić information content (AvgIpc) is 3.27. The lowest BCUT2D eigenvalue weighted by molar-refractivity contribution is 0.0926. The molecule has 0 aromatic carbocycles. The summed E-state index contributed by atoms with van der Waals surface area (Å²) in [5.41, 5.74) is 0. The van der Waals surface area contributed by atoms with Crippen molar-refractivity contribution in [3.8, 4) is 0 Å². The van der Waals surface area contributed by atoms with E-state index in [2.05, 4.69) is 20.9 Å². The third kappa shape index (κ3) is 3.41. The van der Waals surface area contributed by atoms with Crippen LogP contribution in [0.4, 0.5) is 0 Å². The van der Waals surface area contributed by atoms with Crippen LogP contribution in [0.15, 0.2) is 27.8 Å². The number of nitrogens with one attached hydrogen (secondary N) is 3. The number of furan rings is 1. The first-order valence-corrected chi connectivity index (χ1v) is 7.70. The molecule has 3 N–H and O–H groups in total. The van der Waals surface area contributed by atoms with Crippen molar-refractivity contribution in [3.05, 3.63) is 24.2 Å². The van der Waals surface area contributed by atoms with E-state index in [9.17, 15) is 4.79 Å². The standard InChI is InChI=1S/C15H22N4O3/c1-16-15(19-11-9-10-4-5-12(11)22-10)18-7-6-17-14(20)13-3-2-8-21-13/h2-3,8,10-12H,4-7,9H2,1H3,(H,17,20)(H2,16,18,19). The van der Waals surface area contributed by atoms with E-state index in [0.717, 1.165) is 18.8 Å². The second-order valence-corrected chi connectivity index (χ2v) is 5.59. The Morgan fingerprint density at radius 3 is 2.86 bits per heavy atom. The molecule has 7 heteroatoms. The van der Waals surface area contributed by atoms with Crippen molar-refractivity contribution < 1.29 is 13.9 Å². The third-order valence-corrected chi connectivity index (χ3v) is 4.10. The molecule has 0 saturated carbocycles. The number of hydrogen-bond donors (Lipinski definition) is 3. The monoisotopic (exact) mass is 306 g/mol. The van der Waals surface area contributed by atoms with Crippen molar-refractivity contribution in [2.24, 2.45) is 4.99 Å². The number of fused-ring (bicyclic) bond motifs is 2. The summed E-state index contributed by atoms with van der Waals surface area (Å²) in [4.78, 5) is 15.9. The van der Waals surface area contributed by atoms with E-state index in [1.807, 2.05) is 0 Å². The first kappa shape index (κ1) is 14.9. The maximum atomic E-state index is 11.7. The molecular formula is C15H22N4O3. The fraction of sp³-hybridized carbons (Fsp3) is 0.600. The zero-order valence-electron chi connectivity index (χ0n) is 12.7. The molecule has 120 valence electrons. The van der Waals surface area contributed by atoms with Crippen LogP contribution in [0.3, 0.4) is 0 Å². The fourth-order valence-corrected chi connectivity index (χ4v) is 3.01. The van der Waals surface area contributed by atoms with Gasteiger partial charge in [0.1, 0.15) is 0 Å². The number of aliphatic imine (C=N–C) groups is 1. The van der Waals surface area contributed by atoms with Gasteiger partial charge < -0.3 is 25.1 Å². The summed E-state index contributed by atoms with van der Waals surface area (Å²) in [6, 6.07) is 3.66. The molecule has 3 unspecified atom stereocenters. The Kier molecular flexibility index (Phi) is 4.62. The lowest BCUT2D eigenvalue weighted by Crippen LogP contribution is -2.48. The summed E-state index contributed by atoms with van der Waals surface area (Å²) in [6.07, 6.45) is 5.54. The van der Waals surface area contributed by atoms with Crippen LogP contribution < -0.4 is 16.0 Å². The van der Waals surface area contributed by atoms with Crippen LogP contribution in [0.1, 0.15) is 29.8 Å². The molecule has 0 aliphatic carbocycles. The Labute approximate surface area is 129 Å². The van der Waals surface area contributed by atoms with Gasteiger partial charge in [-0.1, -0.05) is 0 Å². The van der Waals surface area contributed by atoms with Gasteiger partial charge in [-0.3, -0.25) is 9.79 Å². The molecule has 3 heterocycles. The molecule has 0 spiro atoms. The summed E-state index contributed by atoms with van der Waals surface area (Å²) >= 11 is 0. The van der Waals surface area contributed by atoms with Crippen LogP contribution in [0.25, 0.3) is 0 Å². The minimum Gasteiger partial charge on any atom is -0.459 e. The van der Waals surface area contributed by atoms with Gasteiger partial charge in [-0.05, 0) is 31.4 Å². The molecule has 2 saturated heterocycles. The highest BCUT2D eigenvalue weighted by Gasteiger charge is 2.41. The van der Waals surface area contributed by atoms with Gasteiger partial charge in [-0.15, -0.1) is 0 Å². The van der Waals surface area contributed by atoms with Gasteiger partial charge in [-0.2, -0.15) is 0 Å². The number of hydrogen-bond acceptors (Lipinski definition) is 4. The van der Waals surface area contributed by atoms with Crippen molar-refractivity contribution in [2.75, 3.05) is 20.1 Å². The molecule has 2 bridgehead atoms. The van der Waals surface area contributed by atoms with E-state index in [4.69, 9.17) is 9.15 Å². The minimum atomic E-state index is -0.212. The van der Waals surface area contributed by atoms with Crippen LogP contribution in [0.2, 0.25) is 0 Å². The van der Waals surface area contributed by atoms with Gasteiger partial charge in [0.2, 0.25) is 0 Å². The number of rotatable bonds is 5. The first-order valence-electron chi connectivity index (χ1n) is 7.70. The van der Waals surface area contributed by atoms with Crippen LogP contribution in [0.5, 0.6) is 0 Å². The summed E-state index contributed by atoms with van der Waals surface area (Å²) in [5, 5.41) is 9.37. The largest absolute Gasteiger partial charge is 0.459 e. The normalized spacial score (nSPS) is 27.0. The summed E-state index contributed by atoms with van der Waals surface area (Å²) in [5.74, 6) is 0.853. The molecule has 3 rings (SSSR count). The Bertz CT molecular complexity index is 529. The zero-order valence-corrected chi connectivity index (χ0v) is 12.7. The molecule has 1 amide bonds. The van der Waals surface area contributed by atoms with Gasteiger partial charge >= 0.3 is 0 Å². The highest BCUT2D eigenvalue weighted by atomic mass is 16.5. The predicted molar refractivity (Wildman–Crippen MR) is 81.8 cm³/mol. The predicted octanol–water partition coefficient (Wildman–Crippen LogP) is 0.494. The highest BCUT2D eigenvalue weighted by molar-refractivity contribution is 5.91. The summed E-state index contributed by atoms with van der Waals surface area (Å²) in [6.45, 7) is 1.08. The van der Waals surface area contributed by atoms with Crippen LogP contribution in [-0.4, -0.2) is 50.3 Å². The first-order chi connectivity index (χ1) is 10.8. The van der Waals surface area contributed by atoms with Crippen molar-refractivity contribution in [3.63, 3.8) is 0 Å². The molecule has 0 radical (unpaired) electrons. The Balaban J connectivity index is 1.36. The van der Waals surface area contributed by atoms with Crippen LogP contribution >= 0.6 is 0 Å². The molecule has 1 aromatic rings. The number of carbonyl (C=O) groups excluding carboxylic acids is 1. The second-order valence-electron chi connectivity index (χ2n) is 5.59. The Morgan fingerprint density at radius 1 is 1.36 bits per heavy atom. The maximum absolute atomic E-state index is 11.7. The molecular weight excluding hydrogens is 284 g/mol. The van der Waals surface area contributed by atoms with E-state index in [0.29, 0.717) is 37.1 Å².